The van der Waals surface area contributed by atoms with Gasteiger partial charge in [-0.25, -0.2) is 4.79 Å². The van der Waals surface area contributed by atoms with Gasteiger partial charge in [0.1, 0.15) is 0 Å². The number of carboxylic acid groups (broad SMARTS) is 1. The second kappa shape index (κ2) is 6.47. The van der Waals surface area contributed by atoms with Crippen LogP contribution in [-0.4, -0.2) is 29.7 Å². The summed E-state index contributed by atoms with van der Waals surface area (Å²) in [7, 11) is 0. The average Bonchev–Trinajstić information content (AvgIpc) is 2.08. The van der Waals surface area contributed by atoms with Gasteiger partial charge in [-0.3, -0.25) is 4.79 Å². The first-order valence-corrected chi connectivity index (χ1v) is 5.89. The van der Waals surface area contributed by atoms with Crippen molar-refractivity contribution < 1.29 is 14.7 Å². The van der Waals surface area contributed by atoms with Crippen LogP contribution in [0.1, 0.15) is 41.0 Å². The normalized spacial score (nSPS) is 13.3. The van der Waals surface area contributed by atoms with E-state index >= 15 is 0 Å². The first kappa shape index (κ1) is 15.7. The number of nitrogens with one attached hydrogen (secondary N) is 2. The number of urea groups is 1. The van der Waals surface area contributed by atoms with Gasteiger partial charge in [0.25, 0.3) is 0 Å². The van der Waals surface area contributed by atoms with E-state index in [1.54, 1.807) is 0 Å². The molecule has 0 aliphatic carbocycles. The molecule has 0 saturated carbocycles. The van der Waals surface area contributed by atoms with Crippen LogP contribution in [-0.2, 0) is 4.79 Å². The Balaban J connectivity index is 4.27. The van der Waals surface area contributed by atoms with Crippen molar-refractivity contribution in [2.75, 3.05) is 6.54 Å². The molecule has 1 unspecified atom stereocenters. The summed E-state index contributed by atoms with van der Waals surface area (Å²) in [6, 6.07) is -0.179. The molecule has 0 rings (SSSR count). The Kier molecular flexibility index (Phi) is 5.99. The van der Waals surface area contributed by atoms with Gasteiger partial charge in [0.2, 0.25) is 0 Å². The Bertz CT molecular complexity index is 269. The van der Waals surface area contributed by atoms with Gasteiger partial charge < -0.3 is 15.7 Å². The Morgan fingerprint density at radius 1 is 1.24 bits per heavy atom. The fourth-order valence-corrected chi connectivity index (χ4v) is 1.42. The summed E-state index contributed by atoms with van der Waals surface area (Å²) in [6.45, 7) is 10.0. The highest BCUT2D eigenvalue weighted by Gasteiger charge is 2.27. The molecule has 5 heteroatoms. The van der Waals surface area contributed by atoms with E-state index in [1.165, 1.54) is 0 Å². The fourth-order valence-electron chi connectivity index (χ4n) is 1.42. The van der Waals surface area contributed by atoms with Crippen molar-refractivity contribution in [3.05, 3.63) is 0 Å². The van der Waals surface area contributed by atoms with E-state index in [0.29, 0.717) is 6.54 Å². The van der Waals surface area contributed by atoms with E-state index in [-0.39, 0.29) is 29.8 Å². The van der Waals surface area contributed by atoms with Crippen molar-refractivity contribution in [1.82, 2.24) is 10.6 Å². The summed E-state index contributed by atoms with van der Waals surface area (Å²) in [5.74, 6) is -0.922. The van der Waals surface area contributed by atoms with E-state index in [2.05, 4.69) is 10.6 Å². The molecule has 2 amide bonds. The van der Waals surface area contributed by atoms with Crippen molar-refractivity contribution in [1.29, 1.82) is 0 Å². The van der Waals surface area contributed by atoms with Crippen LogP contribution < -0.4 is 10.6 Å². The van der Waals surface area contributed by atoms with Crippen molar-refractivity contribution in [2.24, 2.45) is 11.3 Å². The van der Waals surface area contributed by atoms with Crippen LogP contribution in [0.3, 0.4) is 0 Å². The summed E-state index contributed by atoms with van der Waals surface area (Å²) in [6.07, 6.45) is 0.0610. The number of hydrogen-bond donors (Lipinski definition) is 3. The number of carbonyl (C=O) groups is 2. The fraction of sp³-hybridized carbons (Fsp3) is 0.833. The SMILES string of the molecule is CC(C)NC(=O)NCC(CC(=O)O)C(C)(C)C. The van der Waals surface area contributed by atoms with Crippen LogP contribution >= 0.6 is 0 Å². The average molecular weight is 244 g/mol. The predicted molar refractivity (Wildman–Crippen MR) is 66.9 cm³/mol. The quantitative estimate of drug-likeness (QED) is 0.690. The number of aliphatic carboxylic acids is 1. The van der Waals surface area contributed by atoms with E-state index < -0.39 is 5.97 Å². The third-order valence-corrected chi connectivity index (χ3v) is 2.57. The molecule has 3 N–H and O–H groups in total. The second-order valence-electron chi connectivity index (χ2n) is 5.67. The number of amides is 2. The lowest BCUT2D eigenvalue weighted by molar-refractivity contribution is -0.139. The maximum Gasteiger partial charge on any atom is 0.314 e. The minimum atomic E-state index is -0.837. The Hall–Kier alpha value is -1.26. The van der Waals surface area contributed by atoms with Crippen LogP contribution in [0.2, 0.25) is 0 Å². The van der Waals surface area contributed by atoms with Crippen LogP contribution in [0.25, 0.3) is 0 Å². The van der Waals surface area contributed by atoms with Gasteiger partial charge in [0, 0.05) is 12.6 Å². The molecule has 100 valence electrons. The van der Waals surface area contributed by atoms with Gasteiger partial charge in [-0.1, -0.05) is 20.8 Å². The molecule has 0 saturated heterocycles. The lowest BCUT2D eigenvalue weighted by atomic mass is 9.79. The van der Waals surface area contributed by atoms with E-state index in [0.717, 1.165) is 0 Å². The zero-order valence-electron chi connectivity index (χ0n) is 11.3. The summed E-state index contributed by atoms with van der Waals surface area (Å²) in [5.41, 5.74) is -0.149. The second-order valence-corrected chi connectivity index (χ2v) is 5.67. The first-order chi connectivity index (χ1) is 7.62. The van der Waals surface area contributed by atoms with Crippen molar-refractivity contribution in [2.45, 2.75) is 47.1 Å². The molecule has 1 atom stereocenters. The van der Waals surface area contributed by atoms with Crippen LogP contribution in [0.15, 0.2) is 0 Å². The smallest absolute Gasteiger partial charge is 0.314 e. The predicted octanol–water partition coefficient (Wildman–Crippen LogP) is 1.83. The Morgan fingerprint density at radius 3 is 2.12 bits per heavy atom. The molecule has 17 heavy (non-hydrogen) atoms. The van der Waals surface area contributed by atoms with Crippen molar-refractivity contribution in [3.8, 4) is 0 Å². The lowest BCUT2D eigenvalue weighted by Crippen LogP contribution is -2.43. The summed E-state index contributed by atoms with van der Waals surface area (Å²) in [4.78, 5) is 22.2. The maximum atomic E-state index is 11.4. The van der Waals surface area contributed by atoms with Crippen LogP contribution in [0.5, 0.6) is 0 Å². The lowest BCUT2D eigenvalue weighted by Gasteiger charge is -2.29. The number of carbonyl (C=O) groups excluding carboxylic acids is 1. The molecule has 0 aromatic heterocycles. The van der Waals surface area contributed by atoms with Gasteiger partial charge in [-0.05, 0) is 25.2 Å². The molecule has 0 spiro atoms. The highest BCUT2D eigenvalue weighted by molar-refractivity contribution is 5.74. The number of carboxylic acids is 1. The highest BCUT2D eigenvalue weighted by atomic mass is 16.4. The van der Waals surface area contributed by atoms with Crippen molar-refractivity contribution in [3.63, 3.8) is 0 Å². The largest absolute Gasteiger partial charge is 0.481 e. The third-order valence-electron chi connectivity index (χ3n) is 2.57. The van der Waals surface area contributed by atoms with Gasteiger partial charge in [-0.15, -0.1) is 0 Å². The molecular weight excluding hydrogens is 220 g/mol. The molecule has 0 radical (unpaired) electrons. The van der Waals surface area contributed by atoms with Crippen LogP contribution in [0, 0.1) is 11.3 Å². The first-order valence-electron chi connectivity index (χ1n) is 5.89. The maximum absolute atomic E-state index is 11.4. The molecule has 0 bridgehead atoms. The zero-order chi connectivity index (χ0) is 13.6. The standard InChI is InChI=1S/C12H24N2O3/c1-8(2)14-11(17)13-7-9(6-10(15)16)12(3,4)5/h8-9H,6-7H2,1-5H3,(H,15,16)(H2,13,14,17). The molecule has 0 aromatic carbocycles. The molecule has 5 nitrogen and oxygen atoms in total. The zero-order valence-corrected chi connectivity index (χ0v) is 11.3. The molecule has 0 fully saturated rings. The van der Waals surface area contributed by atoms with Gasteiger partial charge in [-0.2, -0.15) is 0 Å². The van der Waals surface area contributed by atoms with Gasteiger partial charge in [0.15, 0.2) is 0 Å². The van der Waals surface area contributed by atoms with E-state index in [1.807, 2.05) is 34.6 Å². The number of rotatable bonds is 5. The molecule has 0 heterocycles. The third kappa shape index (κ3) is 7.60. The molecule has 0 aliphatic rings. The van der Waals surface area contributed by atoms with E-state index in [9.17, 15) is 9.59 Å². The van der Waals surface area contributed by atoms with Gasteiger partial charge >= 0.3 is 12.0 Å². The van der Waals surface area contributed by atoms with Gasteiger partial charge in [0.05, 0.1) is 6.42 Å². The number of hydrogen-bond acceptors (Lipinski definition) is 2. The summed E-state index contributed by atoms with van der Waals surface area (Å²) in [5, 5.41) is 14.2. The molecule has 0 aliphatic heterocycles. The topological polar surface area (TPSA) is 78.4 Å². The minimum absolute atomic E-state index is 0.0610. The molecule has 0 aromatic rings. The summed E-state index contributed by atoms with van der Waals surface area (Å²) >= 11 is 0. The Morgan fingerprint density at radius 2 is 1.76 bits per heavy atom. The minimum Gasteiger partial charge on any atom is -0.481 e. The van der Waals surface area contributed by atoms with Crippen LogP contribution in [0.4, 0.5) is 4.79 Å². The van der Waals surface area contributed by atoms with Crippen molar-refractivity contribution >= 4 is 12.0 Å². The highest BCUT2D eigenvalue weighted by Crippen LogP contribution is 2.28. The monoisotopic (exact) mass is 244 g/mol. The van der Waals surface area contributed by atoms with E-state index in [4.69, 9.17) is 5.11 Å². The summed E-state index contributed by atoms with van der Waals surface area (Å²) < 4.78 is 0. The Labute approximate surface area is 103 Å². The molecular formula is C12H24N2O3.